The zero-order valence-electron chi connectivity index (χ0n) is 19.6. The van der Waals surface area contributed by atoms with Crippen LogP contribution in [0.15, 0.2) is 42.5 Å². The number of methoxy groups -OCH3 is 1. The van der Waals surface area contributed by atoms with Gasteiger partial charge in [-0.05, 0) is 61.7 Å². The van der Waals surface area contributed by atoms with Gasteiger partial charge in [0.2, 0.25) is 11.8 Å². The summed E-state index contributed by atoms with van der Waals surface area (Å²) in [6.45, 7) is 1.94. The number of rotatable bonds is 6. The molecule has 0 spiro atoms. The summed E-state index contributed by atoms with van der Waals surface area (Å²) in [5.41, 5.74) is 2.02. The van der Waals surface area contributed by atoms with Gasteiger partial charge in [-0.1, -0.05) is 36.9 Å². The van der Waals surface area contributed by atoms with Crippen molar-refractivity contribution in [2.75, 3.05) is 31.8 Å². The summed E-state index contributed by atoms with van der Waals surface area (Å²) in [5.74, 6) is 0.104. The molecule has 7 nitrogen and oxygen atoms in total. The molecule has 34 heavy (non-hydrogen) atoms. The highest BCUT2D eigenvalue weighted by atomic mass is 35.5. The Balaban J connectivity index is 1.51. The van der Waals surface area contributed by atoms with E-state index in [0.717, 1.165) is 37.7 Å². The maximum absolute atomic E-state index is 13.4. The summed E-state index contributed by atoms with van der Waals surface area (Å²) in [6, 6.07) is 12.4. The minimum atomic E-state index is -0.233. The molecule has 1 saturated carbocycles. The summed E-state index contributed by atoms with van der Waals surface area (Å²) < 4.78 is 5.20. The van der Waals surface area contributed by atoms with Crippen molar-refractivity contribution >= 4 is 35.0 Å². The van der Waals surface area contributed by atoms with E-state index in [1.165, 1.54) is 4.90 Å². The SMILES string of the molecule is COc1ccc(C(=O)N(CC(=O)N2CC(=O)N(c3cccc(Cl)c3C)C2)C2CCCCC2)cc1. The maximum atomic E-state index is 13.4. The predicted octanol–water partition coefficient (Wildman–Crippen LogP) is 4.26. The van der Waals surface area contributed by atoms with Gasteiger partial charge in [0.05, 0.1) is 7.11 Å². The van der Waals surface area contributed by atoms with Gasteiger partial charge < -0.3 is 14.5 Å². The molecule has 4 rings (SSSR count). The molecule has 1 aliphatic heterocycles. The molecule has 2 aromatic rings. The van der Waals surface area contributed by atoms with E-state index in [9.17, 15) is 14.4 Å². The number of amides is 3. The molecule has 1 saturated heterocycles. The normalized spacial score (nSPS) is 16.6. The van der Waals surface area contributed by atoms with Gasteiger partial charge >= 0.3 is 0 Å². The summed E-state index contributed by atoms with van der Waals surface area (Å²) >= 11 is 6.24. The molecule has 0 radical (unpaired) electrons. The second kappa shape index (κ2) is 10.5. The van der Waals surface area contributed by atoms with E-state index in [1.54, 1.807) is 53.3 Å². The molecule has 8 heteroatoms. The van der Waals surface area contributed by atoms with Crippen LogP contribution >= 0.6 is 11.6 Å². The molecule has 2 fully saturated rings. The average Bonchev–Trinajstić information content (AvgIpc) is 3.25. The molecule has 0 atom stereocenters. The number of ether oxygens (including phenoxy) is 1. The van der Waals surface area contributed by atoms with Gasteiger partial charge in [-0.25, -0.2) is 0 Å². The highest BCUT2D eigenvalue weighted by Gasteiger charge is 2.35. The van der Waals surface area contributed by atoms with Crippen molar-refractivity contribution in [3.05, 3.63) is 58.6 Å². The Kier molecular flexibility index (Phi) is 7.41. The number of benzene rings is 2. The summed E-state index contributed by atoms with van der Waals surface area (Å²) in [4.78, 5) is 44.3. The van der Waals surface area contributed by atoms with Gasteiger partial charge in [-0.2, -0.15) is 0 Å². The van der Waals surface area contributed by atoms with Crippen molar-refractivity contribution in [2.24, 2.45) is 0 Å². The lowest BCUT2D eigenvalue weighted by atomic mass is 9.93. The number of carbonyl (C=O) groups excluding carboxylic acids is 3. The molecular formula is C26H30ClN3O4. The van der Waals surface area contributed by atoms with Crippen molar-refractivity contribution in [1.82, 2.24) is 9.80 Å². The highest BCUT2D eigenvalue weighted by molar-refractivity contribution is 6.31. The quantitative estimate of drug-likeness (QED) is 0.615. The highest BCUT2D eigenvalue weighted by Crippen LogP contribution is 2.29. The first-order chi connectivity index (χ1) is 16.4. The summed E-state index contributed by atoms with van der Waals surface area (Å²) in [6.07, 6.45) is 4.97. The zero-order chi connectivity index (χ0) is 24.2. The lowest BCUT2D eigenvalue weighted by molar-refractivity contribution is -0.132. The Morgan fingerprint density at radius 1 is 1.09 bits per heavy atom. The zero-order valence-corrected chi connectivity index (χ0v) is 20.4. The van der Waals surface area contributed by atoms with E-state index >= 15 is 0 Å². The van der Waals surface area contributed by atoms with Crippen LogP contribution in [0.2, 0.25) is 5.02 Å². The van der Waals surface area contributed by atoms with E-state index < -0.39 is 0 Å². The first-order valence-corrected chi connectivity index (χ1v) is 12.0. The van der Waals surface area contributed by atoms with Crippen LogP contribution in [0.5, 0.6) is 5.75 Å². The van der Waals surface area contributed by atoms with Crippen LogP contribution in [-0.4, -0.2) is 60.4 Å². The van der Waals surface area contributed by atoms with Crippen molar-refractivity contribution in [2.45, 2.75) is 45.1 Å². The van der Waals surface area contributed by atoms with Crippen LogP contribution in [-0.2, 0) is 9.59 Å². The molecule has 1 heterocycles. The monoisotopic (exact) mass is 483 g/mol. The van der Waals surface area contributed by atoms with Crippen LogP contribution in [0.4, 0.5) is 5.69 Å². The fourth-order valence-electron chi connectivity index (χ4n) is 4.72. The van der Waals surface area contributed by atoms with Gasteiger partial charge in [0, 0.05) is 22.3 Å². The lowest BCUT2D eigenvalue weighted by Gasteiger charge is -2.35. The van der Waals surface area contributed by atoms with Crippen molar-refractivity contribution in [3.8, 4) is 5.75 Å². The molecule has 2 aliphatic rings. The fraction of sp³-hybridized carbons (Fsp3) is 0.423. The van der Waals surface area contributed by atoms with E-state index in [2.05, 4.69) is 0 Å². The minimum Gasteiger partial charge on any atom is -0.497 e. The molecule has 0 aromatic heterocycles. The number of halogens is 1. The third kappa shape index (κ3) is 5.04. The van der Waals surface area contributed by atoms with Crippen LogP contribution in [0.1, 0.15) is 48.0 Å². The van der Waals surface area contributed by atoms with Gasteiger partial charge in [-0.15, -0.1) is 0 Å². The van der Waals surface area contributed by atoms with E-state index in [4.69, 9.17) is 16.3 Å². The van der Waals surface area contributed by atoms with Crippen LogP contribution in [0.3, 0.4) is 0 Å². The summed E-state index contributed by atoms with van der Waals surface area (Å²) in [5, 5.41) is 0.573. The van der Waals surface area contributed by atoms with E-state index in [0.29, 0.717) is 22.0 Å². The van der Waals surface area contributed by atoms with Crippen molar-refractivity contribution in [3.63, 3.8) is 0 Å². The minimum absolute atomic E-state index is 0.0110. The Morgan fingerprint density at radius 2 is 1.79 bits per heavy atom. The summed E-state index contributed by atoms with van der Waals surface area (Å²) in [7, 11) is 1.58. The predicted molar refractivity (Wildman–Crippen MR) is 131 cm³/mol. The molecule has 0 unspecified atom stereocenters. The molecule has 0 bridgehead atoms. The Bertz CT molecular complexity index is 1070. The second-order valence-corrected chi connectivity index (χ2v) is 9.30. The van der Waals surface area contributed by atoms with Crippen molar-refractivity contribution in [1.29, 1.82) is 0 Å². The van der Waals surface area contributed by atoms with Crippen molar-refractivity contribution < 1.29 is 19.1 Å². The van der Waals surface area contributed by atoms with Crippen LogP contribution in [0, 0.1) is 6.92 Å². The molecule has 180 valence electrons. The van der Waals surface area contributed by atoms with E-state index in [1.807, 2.05) is 13.0 Å². The van der Waals surface area contributed by atoms with Gasteiger partial charge in [-0.3, -0.25) is 19.3 Å². The van der Waals surface area contributed by atoms with Crippen LogP contribution < -0.4 is 9.64 Å². The van der Waals surface area contributed by atoms with Gasteiger partial charge in [0.15, 0.2) is 0 Å². The first-order valence-electron chi connectivity index (χ1n) is 11.7. The van der Waals surface area contributed by atoms with Crippen LogP contribution in [0.25, 0.3) is 0 Å². The molecular weight excluding hydrogens is 454 g/mol. The maximum Gasteiger partial charge on any atom is 0.254 e. The Hall–Kier alpha value is -3.06. The fourth-order valence-corrected chi connectivity index (χ4v) is 4.89. The second-order valence-electron chi connectivity index (χ2n) is 8.89. The standard InChI is InChI=1S/C26H30ClN3O4/c1-18-22(27)9-6-10-23(18)30-17-28(15-25(30)32)24(31)16-29(20-7-4-3-5-8-20)26(33)19-11-13-21(34-2)14-12-19/h6,9-14,20H,3-5,7-8,15-17H2,1-2H3. The topological polar surface area (TPSA) is 70.2 Å². The molecule has 3 amide bonds. The molecule has 2 aromatic carbocycles. The number of hydrogen-bond donors (Lipinski definition) is 0. The Morgan fingerprint density at radius 3 is 2.47 bits per heavy atom. The number of anilines is 1. The third-order valence-corrected chi connectivity index (χ3v) is 7.15. The average molecular weight is 484 g/mol. The third-order valence-electron chi connectivity index (χ3n) is 6.74. The number of nitrogens with zero attached hydrogens (tertiary/aromatic N) is 3. The number of carbonyl (C=O) groups is 3. The van der Waals surface area contributed by atoms with E-state index in [-0.39, 0.29) is 43.5 Å². The lowest BCUT2D eigenvalue weighted by Crippen LogP contribution is -2.48. The first kappa shape index (κ1) is 24.1. The Labute approximate surface area is 205 Å². The largest absolute Gasteiger partial charge is 0.497 e. The smallest absolute Gasteiger partial charge is 0.254 e. The van der Waals surface area contributed by atoms with Gasteiger partial charge in [0.1, 0.15) is 25.5 Å². The number of hydrogen-bond acceptors (Lipinski definition) is 4. The molecule has 1 aliphatic carbocycles. The van der Waals surface area contributed by atoms with Gasteiger partial charge in [0.25, 0.3) is 5.91 Å². The molecule has 0 N–H and O–H groups in total.